The van der Waals surface area contributed by atoms with Gasteiger partial charge in [-0.15, -0.1) is 0 Å². The Labute approximate surface area is 163 Å². The van der Waals surface area contributed by atoms with Gasteiger partial charge in [-0.2, -0.15) is 5.10 Å². The van der Waals surface area contributed by atoms with Gasteiger partial charge in [-0.1, -0.05) is 12.1 Å². The number of fused-ring (bicyclic) bond motifs is 4. The standard InChI is InChI=1S/C20H23N5O3/c1-27-11-6-19(26)24-9-7-21-18-5-8-25-20(23-18)17(14-22-25)15-3-2-4-16(13-15)28-12-10-24/h2-5,8,13-14H,6-7,9-12H2,1H3,(H,21,23). The van der Waals surface area contributed by atoms with Crippen molar-refractivity contribution in [3.63, 3.8) is 0 Å². The molecule has 1 aliphatic heterocycles. The maximum Gasteiger partial charge on any atom is 0.225 e. The molecule has 3 heterocycles. The lowest BCUT2D eigenvalue weighted by Crippen LogP contribution is -2.38. The molecule has 2 aromatic heterocycles. The largest absolute Gasteiger partial charge is 0.492 e. The highest BCUT2D eigenvalue weighted by Gasteiger charge is 2.15. The first kappa shape index (κ1) is 18.2. The molecule has 1 aliphatic rings. The predicted molar refractivity (Wildman–Crippen MR) is 105 cm³/mol. The monoisotopic (exact) mass is 381 g/mol. The minimum atomic E-state index is 0.0505. The molecule has 0 saturated heterocycles. The number of hydrogen-bond acceptors (Lipinski definition) is 6. The number of methoxy groups -OCH3 is 1. The molecule has 8 heteroatoms. The van der Waals surface area contributed by atoms with Crippen LogP contribution in [-0.2, 0) is 9.53 Å². The maximum atomic E-state index is 12.5. The Hall–Kier alpha value is -3.13. The number of carbonyl (C=O) groups excluding carboxylic acids is 1. The molecule has 1 amide bonds. The lowest BCUT2D eigenvalue weighted by Gasteiger charge is -2.23. The third-order valence-corrected chi connectivity index (χ3v) is 4.70. The zero-order valence-electron chi connectivity index (χ0n) is 15.8. The Morgan fingerprint density at radius 3 is 3.14 bits per heavy atom. The molecule has 1 N–H and O–H groups in total. The van der Waals surface area contributed by atoms with E-state index >= 15 is 0 Å². The van der Waals surface area contributed by atoms with Crippen LogP contribution in [0.2, 0.25) is 0 Å². The second-order valence-corrected chi connectivity index (χ2v) is 6.57. The second-order valence-electron chi connectivity index (χ2n) is 6.57. The van der Waals surface area contributed by atoms with Crippen molar-refractivity contribution in [3.8, 4) is 16.9 Å². The van der Waals surface area contributed by atoms with Gasteiger partial charge in [-0.05, 0) is 23.8 Å². The van der Waals surface area contributed by atoms with E-state index in [1.165, 1.54) is 0 Å². The van der Waals surface area contributed by atoms with E-state index in [1.807, 2.05) is 42.7 Å². The van der Waals surface area contributed by atoms with Gasteiger partial charge in [0.1, 0.15) is 18.2 Å². The molecule has 0 unspecified atom stereocenters. The summed E-state index contributed by atoms with van der Waals surface area (Å²) >= 11 is 0. The van der Waals surface area contributed by atoms with Crippen molar-refractivity contribution >= 4 is 17.4 Å². The van der Waals surface area contributed by atoms with Crippen LogP contribution in [0.4, 0.5) is 5.82 Å². The summed E-state index contributed by atoms with van der Waals surface area (Å²) in [7, 11) is 1.60. The van der Waals surface area contributed by atoms with Gasteiger partial charge >= 0.3 is 0 Å². The summed E-state index contributed by atoms with van der Waals surface area (Å²) in [6.07, 6.45) is 4.05. The average molecular weight is 381 g/mol. The van der Waals surface area contributed by atoms with Crippen LogP contribution >= 0.6 is 0 Å². The van der Waals surface area contributed by atoms with Crippen LogP contribution in [0.5, 0.6) is 5.75 Å². The zero-order valence-corrected chi connectivity index (χ0v) is 15.8. The van der Waals surface area contributed by atoms with Gasteiger partial charge in [0.25, 0.3) is 0 Å². The number of nitrogens with one attached hydrogen (secondary N) is 1. The summed E-state index contributed by atoms with van der Waals surface area (Å²) in [6.45, 7) is 2.50. The molecule has 146 valence electrons. The van der Waals surface area contributed by atoms with Crippen LogP contribution in [0, 0.1) is 0 Å². The lowest BCUT2D eigenvalue weighted by molar-refractivity contribution is -0.132. The van der Waals surface area contributed by atoms with Gasteiger partial charge in [-0.25, -0.2) is 9.50 Å². The number of hydrogen-bond donors (Lipinski definition) is 1. The first-order valence-corrected chi connectivity index (χ1v) is 9.33. The number of rotatable bonds is 3. The smallest absolute Gasteiger partial charge is 0.225 e. The Morgan fingerprint density at radius 2 is 2.25 bits per heavy atom. The van der Waals surface area contributed by atoms with Crippen molar-refractivity contribution in [1.82, 2.24) is 19.5 Å². The van der Waals surface area contributed by atoms with E-state index in [-0.39, 0.29) is 5.91 Å². The van der Waals surface area contributed by atoms with E-state index in [9.17, 15) is 4.79 Å². The first-order chi connectivity index (χ1) is 13.7. The molecule has 3 aromatic rings. The number of carbonyl (C=O) groups is 1. The molecule has 0 spiro atoms. The van der Waals surface area contributed by atoms with Crippen LogP contribution < -0.4 is 10.1 Å². The average Bonchev–Trinajstić information content (AvgIpc) is 3.14. The van der Waals surface area contributed by atoms with E-state index < -0.39 is 0 Å². The summed E-state index contributed by atoms with van der Waals surface area (Å²) in [4.78, 5) is 19.0. The van der Waals surface area contributed by atoms with Crippen molar-refractivity contribution in [3.05, 3.63) is 42.7 Å². The van der Waals surface area contributed by atoms with Gasteiger partial charge in [0.15, 0.2) is 5.65 Å². The molecule has 0 aliphatic carbocycles. The molecule has 1 aromatic carbocycles. The molecule has 0 saturated carbocycles. The Morgan fingerprint density at radius 1 is 1.32 bits per heavy atom. The Balaban J connectivity index is 1.64. The van der Waals surface area contributed by atoms with E-state index in [4.69, 9.17) is 14.5 Å². The van der Waals surface area contributed by atoms with Crippen LogP contribution in [-0.4, -0.2) is 65.4 Å². The highest BCUT2D eigenvalue weighted by Crippen LogP contribution is 2.27. The first-order valence-electron chi connectivity index (χ1n) is 9.33. The Bertz CT molecular complexity index is 971. The van der Waals surface area contributed by atoms with Crippen molar-refractivity contribution in [1.29, 1.82) is 0 Å². The molecule has 4 bridgehead atoms. The molecule has 0 atom stereocenters. The van der Waals surface area contributed by atoms with Crippen molar-refractivity contribution in [2.24, 2.45) is 0 Å². The fraction of sp³-hybridized carbons (Fsp3) is 0.350. The summed E-state index contributed by atoms with van der Waals surface area (Å²) < 4.78 is 12.7. The zero-order chi connectivity index (χ0) is 19.3. The van der Waals surface area contributed by atoms with Crippen LogP contribution in [0.3, 0.4) is 0 Å². The summed E-state index contributed by atoms with van der Waals surface area (Å²) in [5.41, 5.74) is 2.71. The topological polar surface area (TPSA) is 81.0 Å². The summed E-state index contributed by atoms with van der Waals surface area (Å²) in [6, 6.07) is 9.73. The molecule has 28 heavy (non-hydrogen) atoms. The van der Waals surface area contributed by atoms with Crippen LogP contribution in [0.1, 0.15) is 6.42 Å². The van der Waals surface area contributed by atoms with Crippen molar-refractivity contribution in [2.45, 2.75) is 6.42 Å². The van der Waals surface area contributed by atoms with E-state index in [0.29, 0.717) is 39.3 Å². The quantitative estimate of drug-likeness (QED) is 0.748. The summed E-state index contributed by atoms with van der Waals surface area (Å²) in [5, 5.41) is 7.69. The number of nitrogens with zero attached hydrogens (tertiary/aromatic N) is 4. The van der Waals surface area contributed by atoms with Gasteiger partial charge in [-0.3, -0.25) is 4.79 Å². The second kappa shape index (κ2) is 8.26. The van der Waals surface area contributed by atoms with Gasteiger partial charge in [0.2, 0.25) is 5.91 Å². The lowest BCUT2D eigenvalue weighted by atomic mass is 10.1. The van der Waals surface area contributed by atoms with E-state index in [1.54, 1.807) is 16.5 Å². The molecule has 4 rings (SSSR count). The minimum absolute atomic E-state index is 0.0505. The van der Waals surface area contributed by atoms with Crippen molar-refractivity contribution in [2.75, 3.05) is 45.3 Å². The number of ether oxygens (including phenoxy) is 2. The highest BCUT2D eigenvalue weighted by atomic mass is 16.5. The molecular weight excluding hydrogens is 358 g/mol. The number of benzene rings is 1. The molecule has 0 radical (unpaired) electrons. The van der Waals surface area contributed by atoms with E-state index in [2.05, 4.69) is 10.4 Å². The van der Waals surface area contributed by atoms with Crippen LogP contribution in [0.25, 0.3) is 16.8 Å². The van der Waals surface area contributed by atoms with Gasteiger partial charge < -0.3 is 19.7 Å². The normalized spacial score (nSPS) is 14.4. The molecular formula is C20H23N5O3. The number of anilines is 1. The predicted octanol–water partition coefficient (Wildman–Crippen LogP) is 2.07. The van der Waals surface area contributed by atoms with E-state index in [0.717, 1.165) is 28.3 Å². The number of aromatic nitrogens is 3. The third-order valence-electron chi connectivity index (χ3n) is 4.70. The van der Waals surface area contributed by atoms with Crippen molar-refractivity contribution < 1.29 is 14.3 Å². The highest BCUT2D eigenvalue weighted by molar-refractivity contribution is 5.78. The fourth-order valence-corrected chi connectivity index (χ4v) is 3.23. The molecule has 8 nitrogen and oxygen atoms in total. The minimum Gasteiger partial charge on any atom is -0.492 e. The third kappa shape index (κ3) is 3.91. The Kier molecular flexibility index (Phi) is 5.38. The SMILES string of the molecule is COCCC(=O)N1CCNc2ccn3ncc(c3n2)-c2cccc(c2)OCC1. The van der Waals surface area contributed by atoms with Crippen LogP contribution in [0.15, 0.2) is 42.7 Å². The molecule has 0 fully saturated rings. The van der Waals surface area contributed by atoms with Gasteiger partial charge in [0, 0.05) is 32.0 Å². The maximum absolute atomic E-state index is 12.5. The summed E-state index contributed by atoms with van der Waals surface area (Å²) in [5.74, 6) is 1.56. The van der Waals surface area contributed by atoms with Gasteiger partial charge in [0.05, 0.1) is 25.8 Å². The number of amides is 1. The fourth-order valence-electron chi connectivity index (χ4n) is 3.23.